The van der Waals surface area contributed by atoms with Gasteiger partial charge in [0.15, 0.2) is 0 Å². The second kappa shape index (κ2) is 5.74. The van der Waals surface area contributed by atoms with Gasteiger partial charge in [-0.1, -0.05) is 18.2 Å². The molecular weight excluding hydrogens is 361 g/mol. The van der Waals surface area contributed by atoms with Crippen LogP contribution in [0.5, 0.6) is 5.75 Å². The van der Waals surface area contributed by atoms with Gasteiger partial charge in [0.05, 0.1) is 0 Å². The number of aromatic hydroxyl groups is 1. The molecule has 1 aromatic rings. The molecule has 4 heteroatoms. The molecule has 66 valence electrons. The van der Waals surface area contributed by atoms with Crippen molar-refractivity contribution in [2.24, 2.45) is 5.73 Å². The van der Waals surface area contributed by atoms with Crippen LogP contribution in [0.2, 0.25) is 0 Å². The molecule has 1 rings (SSSR count). The number of hydrogen-bond donors (Lipinski definition) is 2. The SMILES string of the molecule is NC(=O)C=Cc1ccccc1O.[Pb]. The number of primary amides is 1. The Morgan fingerprint density at radius 3 is 2.54 bits per heavy atom. The van der Waals surface area contributed by atoms with Gasteiger partial charge in [0.1, 0.15) is 5.75 Å². The monoisotopic (exact) mass is 371 g/mol. The first-order valence-corrected chi connectivity index (χ1v) is 3.45. The summed E-state index contributed by atoms with van der Waals surface area (Å²) in [6.45, 7) is 0. The predicted octanol–water partition coefficient (Wildman–Crippen LogP) is 0.510. The van der Waals surface area contributed by atoms with E-state index in [0.29, 0.717) is 5.56 Å². The van der Waals surface area contributed by atoms with Crippen LogP contribution < -0.4 is 5.73 Å². The van der Waals surface area contributed by atoms with Crippen molar-refractivity contribution in [1.82, 2.24) is 0 Å². The van der Waals surface area contributed by atoms with Crippen LogP contribution in [0.3, 0.4) is 0 Å². The Hall–Kier alpha value is -0.848. The maximum Gasteiger partial charge on any atom is 0.241 e. The summed E-state index contributed by atoms with van der Waals surface area (Å²) in [6, 6.07) is 6.70. The summed E-state index contributed by atoms with van der Waals surface area (Å²) in [5.41, 5.74) is 5.46. The minimum Gasteiger partial charge on any atom is -0.507 e. The van der Waals surface area contributed by atoms with Crippen LogP contribution >= 0.6 is 0 Å². The first kappa shape index (κ1) is 12.2. The number of amides is 1. The summed E-state index contributed by atoms with van der Waals surface area (Å²) in [6.07, 6.45) is 2.67. The number of carbonyl (C=O) groups is 1. The summed E-state index contributed by atoms with van der Waals surface area (Å²) >= 11 is 0. The minimum atomic E-state index is -0.529. The van der Waals surface area contributed by atoms with Gasteiger partial charge in [-0.05, 0) is 12.1 Å². The summed E-state index contributed by atoms with van der Waals surface area (Å²) in [4.78, 5) is 10.3. The van der Waals surface area contributed by atoms with Crippen molar-refractivity contribution in [1.29, 1.82) is 0 Å². The second-order valence-electron chi connectivity index (χ2n) is 2.29. The van der Waals surface area contributed by atoms with Crippen LogP contribution in [0, 0.1) is 0 Å². The zero-order chi connectivity index (χ0) is 8.97. The van der Waals surface area contributed by atoms with Crippen LogP contribution in [0.25, 0.3) is 6.08 Å². The number of phenols is 1. The zero-order valence-corrected chi connectivity index (χ0v) is 10.8. The quantitative estimate of drug-likeness (QED) is 0.589. The Bertz CT molecular complexity index is 323. The molecule has 4 radical (unpaired) electrons. The van der Waals surface area contributed by atoms with Gasteiger partial charge in [-0.15, -0.1) is 0 Å². The van der Waals surface area contributed by atoms with Crippen LogP contribution in [0.1, 0.15) is 5.56 Å². The third-order valence-electron chi connectivity index (χ3n) is 1.36. The fourth-order valence-electron chi connectivity index (χ4n) is 0.800. The van der Waals surface area contributed by atoms with Gasteiger partial charge in [-0.2, -0.15) is 0 Å². The molecule has 0 atom stereocenters. The normalized spacial score (nSPS) is 9.54. The summed E-state index contributed by atoms with van der Waals surface area (Å²) in [5, 5.41) is 9.22. The average Bonchev–Trinajstić information content (AvgIpc) is 2.03. The third kappa shape index (κ3) is 4.07. The molecule has 3 nitrogen and oxygen atoms in total. The molecule has 1 aromatic carbocycles. The Kier molecular flexibility index (Phi) is 5.36. The van der Waals surface area contributed by atoms with E-state index in [1.54, 1.807) is 24.3 Å². The molecule has 0 heterocycles. The first-order chi connectivity index (χ1) is 5.70. The molecule has 0 bridgehead atoms. The zero-order valence-electron chi connectivity index (χ0n) is 6.90. The minimum absolute atomic E-state index is 0. The molecule has 0 saturated carbocycles. The predicted molar refractivity (Wildman–Crippen MR) is 52.1 cm³/mol. The van der Waals surface area contributed by atoms with Gasteiger partial charge < -0.3 is 10.8 Å². The molecule has 0 fully saturated rings. The number of carbonyl (C=O) groups excluding carboxylic acids is 1. The number of nitrogens with two attached hydrogens (primary N) is 1. The molecule has 0 spiro atoms. The second-order valence-corrected chi connectivity index (χ2v) is 2.29. The molecule has 0 aliphatic heterocycles. The molecule has 3 N–H and O–H groups in total. The van der Waals surface area contributed by atoms with Crippen LogP contribution in [0.4, 0.5) is 0 Å². The van der Waals surface area contributed by atoms with E-state index in [0.717, 1.165) is 0 Å². The summed E-state index contributed by atoms with van der Waals surface area (Å²) in [5.74, 6) is -0.395. The van der Waals surface area contributed by atoms with Crippen molar-refractivity contribution in [3.05, 3.63) is 35.9 Å². The van der Waals surface area contributed by atoms with Gasteiger partial charge in [-0.25, -0.2) is 0 Å². The third-order valence-corrected chi connectivity index (χ3v) is 1.36. The topological polar surface area (TPSA) is 63.3 Å². The Labute approximate surface area is 96.4 Å². The van der Waals surface area contributed by atoms with Crippen molar-refractivity contribution in [2.45, 2.75) is 0 Å². The number of hydrogen-bond acceptors (Lipinski definition) is 2. The Morgan fingerprint density at radius 1 is 1.38 bits per heavy atom. The van der Waals surface area contributed by atoms with Crippen molar-refractivity contribution in [2.75, 3.05) is 0 Å². The summed E-state index contributed by atoms with van der Waals surface area (Å²) < 4.78 is 0. The van der Waals surface area contributed by atoms with E-state index in [1.807, 2.05) is 0 Å². The molecule has 0 aliphatic carbocycles. The summed E-state index contributed by atoms with van der Waals surface area (Å²) in [7, 11) is 0. The van der Waals surface area contributed by atoms with Gasteiger partial charge in [-0.3, -0.25) is 4.79 Å². The fourth-order valence-corrected chi connectivity index (χ4v) is 0.800. The van der Waals surface area contributed by atoms with Gasteiger partial charge in [0.2, 0.25) is 5.91 Å². The number of benzene rings is 1. The Balaban J connectivity index is 0.00000144. The van der Waals surface area contributed by atoms with Crippen molar-refractivity contribution >= 4 is 39.3 Å². The van der Waals surface area contributed by atoms with Crippen molar-refractivity contribution in [3.8, 4) is 5.75 Å². The first-order valence-electron chi connectivity index (χ1n) is 3.45. The van der Waals surface area contributed by atoms with Crippen LogP contribution in [-0.4, -0.2) is 38.3 Å². The molecule has 1 amide bonds. The van der Waals surface area contributed by atoms with Gasteiger partial charge in [0, 0.05) is 38.9 Å². The fraction of sp³-hybridized carbons (Fsp3) is 0. The van der Waals surface area contributed by atoms with E-state index in [-0.39, 0.29) is 33.0 Å². The van der Waals surface area contributed by atoms with E-state index >= 15 is 0 Å². The smallest absolute Gasteiger partial charge is 0.241 e. The van der Waals surface area contributed by atoms with Crippen molar-refractivity contribution < 1.29 is 9.90 Å². The van der Waals surface area contributed by atoms with E-state index in [2.05, 4.69) is 0 Å². The molecule has 0 saturated heterocycles. The van der Waals surface area contributed by atoms with Gasteiger partial charge >= 0.3 is 0 Å². The Morgan fingerprint density at radius 2 is 2.00 bits per heavy atom. The molecule has 0 unspecified atom stereocenters. The molecule has 13 heavy (non-hydrogen) atoms. The van der Waals surface area contributed by atoms with Gasteiger partial charge in [0.25, 0.3) is 0 Å². The van der Waals surface area contributed by atoms with E-state index in [4.69, 9.17) is 5.73 Å². The van der Waals surface area contributed by atoms with E-state index in [1.165, 1.54) is 12.2 Å². The number of rotatable bonds is 2. The molecular formula is C9H9NO2Pb. The largest absolute Gasteiger partial charge is 0.507 e. The van der Waals surface area contributed by atoms with Crippen LogP contribution in [-0.2, 0) is 4.79 Å². The standard InChI is InChI=1S/C9H9NO2.Pb/c10-9(12)6-5-7-3-1-2-4-8(7)11;/h1-6,11H,(H2,10,12);. The maximum absolute atomic E-state index is 10.3. The van der Waals surface area contributed by atoms with Crippen molar-refractivity contribution in [3.63, 3.8) is 0 Å². The van der Waals surface area contributed by atoms with E-state index in [9.17, 15) is 9.90 Å². The van der Waals surface area contributed by atoms with E-state index < -0.39 is 5.91 Å². The maximum atomic E-state index is 10.3. The number of phenolic OH excluding ortho intramolecular Hbond substituents is 1. The molecule has 0 aliphatic rings. The van der Waals surface area contributed by atoms with Crippen LogP contribution in [0.15, 0.2) is 30.3 Å². The molecule has 0 aromatic heterocycles. The number of para-hydroxylation sites is 1. The average molecular weight is 370 g/mol.